The Labute approximate surface area is 176 Å². The van der Waals surface area contributed by atoms with Crippen molar-refractivity contribution in [3.63, 3.8) is 0 Å². The minimum absolute atomic E-state index is 0.0700. The molecule has 0 unspecified atom stereocenters. The number of ether oxygens (including phenoxy) is 2. The van der Waals surface area contributed by atoms with Crippen LogP contribution in [0.15, 0.2) is 30.3 Å². The Morgan fingerprint density at radius 3 is 2.50 bits per heavy atom. The number of aryl methyl sites for hydroxylation is 4. The number of aromatic nitrogens is 4. The van der Waals surface area contributed by atoms with Gasteiger partial charge in [-0.05, 0) is 39.0 Å². The molecule has 0 fully saturated rings. The van der Waals surface area contributed by atoms with Crippen LogP contribution in [-0.2, 0) is 20.6 Å². The summed E-state index contributed by atoms with van der Waals surface area (Å²) in [4.78, 5) is 15.4. The van der Waals surface area contributed by atoms with E-state index in [0.717, 1.165) is 28.5 Å². The van der Waals surface area contributed by atoms with Crippen LogP contribution in [0.5, 0.6) is 11.5 Å². The number of hydrogen-bond donors (Lipinski definition) is 0. The second-order valence-electron chi connectivity index (χ2n) is 7.75. The highest BCUT2D eigenvalue weighted by Crippen LogP contribution is 2.31. The molecule has 1 aromatic carbocycles. The first-order valence-corrected chi connectivity index (χ1v) is 10.0. The molecule has 2 aromatic heterocycles. The smallest absolute Gasteiger partial charge is 0.258 e. The quantitative estimate of drug-likeness (QED) is 0.648. The van der Waals surface area contributed by atoms with Gasteiger partial charge in [-0.25, -0.2) is 0 Å². The molecule has 4 rings (SSSR count). The largest absolute Gasteiger partial charge is 0.486 e. The zero-order valence-electron chi connectivity index (χ0n) is 18.0. The lowest BCUT2D eigenvalue weighted by atomic mass is 10.1. The molecular formula is C22H27N5O3. The Balaban J connectivity index is 1.62. The van der Waals surface area contributed by atoms with Gasteiger partial charge in [0.2, 0.25) is 0 Å². The minimum Gasteiger partial charge on any atom is -0.486 e. The monoisotopic (exact) mass is 409 g/mol. The molecular weight excluding hydrogens is 382 g/mol. The summed E-state index contributed by atoms with van der Waals surface area (Å²) >= 11 is 0. The van der Waals surface area contributed by atoms with Crippen molar-refractivity contribution in [2.45, 2.75) is 33.4 Å². The minimum atomic E-state index is -0.268. The molecule has 0 saturated carbocycles. The number of rotatable bonds is 5. The van der Waals surface area contributed by atoms with Gasteiger partial charge < -0.3 is 14.4 Å². The van der Waals surface area contributed by atoms with Crippen molar-refractivity contribution < 1.29 is 14.3 Å². The van der Waals surface area contributed by atoms with E-state index in [2.05, 4.69) is 10.2 Å². The lowest BCUT2D eigenvalue weighted by Gasteiger charge is -2.31. The first kappa shape index (κ1) is 20.0. The van der Waals surface area contributed by atoms with Crippen LogP contribution in [-0.4, -0.2) is 49.6 Å². The maximum Gasteiger partial charge on any atom is 0.258 e. The van der Waals surface area contributed by atoms with Crippen molar-refractivity contribution in [2.24, 2.45) is 14.1 Å². The third kappa shape index (κ3) is 3.77. The van der Waals surface area contributed by atoms with Gasteiger partial charge in [-0.1, -0.05) is 12.1 Å². The Kier molecular flexibility index (Phi) is 5.24. The van der Waals surface area contributed by atoms with Crippen LogP contribution in [0.2, 0.25) is 0 Å². The lowest BCUT2D eigenvalue weighted by molar-refractivity contribution is 0.0438. The Morgan fingerprint density at radius 2 is 1.87 bits per heavy atom. The van der Waals surface area contributed by atoms with Gasteiger partial charge in [-0.2, -0.15) is 10.2 Å². The molecule has 8 nitrogen and oxygen atoms in total. The van der Waals surface area contributed by atoms with Crippen LogP contribution < -0.4 is 9.47 Å². The fraction of sp³-hybridized carbons (Fsp3) is 0.409. The molecule has 158 valence electrons. The van der Waals surface area contributed by atoms with Crippen molar-refractivity contribution in [3.8, 4) is 11.5 Å². The highest BCUT2D eigenvalue weighted by molar-refractivity contribution is 5.96. The Hall–Kier alpha value is -3.29. The number of carbonyl (C=O) groups excluding carboxylic acids is 1. The lowest BCUT2D eigenvalue weighted by Crippen LogP contribution is -2.43. The fourth-order valence-electron chi connectivity index (χ4n) is 3.87. The van der Waals surface area contributed by atoms with Crippen LogP contribution in [0.1, 0.15) is 33.1 Å². The summed E-state index contributed by atoms with van der Waals surface area (Å²) in [7, 11) is 3.74. The molecule has 0 saturated heterocycles. The summed E-state index contributed by atoms with van der Waals surface area (Å²) in [5.74, 6) is 1.36. The van der Waals surface area contributed by atoms with Crippen LogP contribution >= 0.6 is 0 Å². The van der Waals surface area contributed by atoms with E-state index in [0.29, 0.717) is 31.0 Å². The molecule has 1 amide bonds. The molecule has 1 aliphatic rings. The second-order valence-corrected chi connectivity index (χ2v) is 7.75. The summed E-state index contributed by atoms with van der Waals surface area (Å²) in [5, 5.41) is 8.83. The average molecular weight is 409 g/mol. The van der Waals surface area contributed by atoms with E-state index in [1.54, 1.807) is 9.58 Å². The number of fused-ring (bicyclic) bond motifs is 1. The van der Waals surface area contributed by atoms with Crippen LogP contribution in [0.4, 0.5) is 0 Å². The van der Waals surface area contributed by atoms with Gasteiger partial charge >= 0.3 is 0 Å². The first-order chi connectivity index (χ1) is 14.3. The summed E-state index contributed by atoms with van der Waals surface area (Å²) in [6, 6.07) is 9.59. The highest BCUT2D eigenvalue weighted by Gasteiger charge is 2.29. The van der Waals surface area contributed by atoms with Crippen molar-refractivity contribution in [2.75, 3.05) is 13.2 Å². The van der Waals surface area contributed by atoms with Crippen molar-refractivity contribution in [1.29, 1.82) is 0 Å². The predicted molar refractivity (Wildman–Crippen MR) is 112 cm³/mol. The number of amides is 1. The maximum absolute atomic E-state index is 13.6. The SMILES string of the molecule is Cc1cc(CN(C[C@H]2COc3ccccc3O2)C(=O)c2c(C)nn(C)c2C)n(C)n1. The maximum atomic E-state index is 13.6. The normalized spacial score (nSPS) is 15.3. The predicted octanol–water partition coefficient (Wildman–Crippen LogP) is 2.56. The third-order valence-electron chi connectivity index (χ3n) is 5.45. The van der Waals surface area contributed by atoms with Crippen molar-refractivity contribution >= 4 is 5.91 Å². The molecule has 0 aliphatic carbocycles. The van der Waals surface area contributed by atoms with Crippen molar-refractivity contribution in [3.05, 3.63) is 58.7 Å². The number of carbonyl (C=O) groups is 1. The number of nitrogens with zero attached hydrogens (tertiary/aromatic N) is 5. The zero-order valence-corrected chi connectivity index (χ0v) is 18.0. The molecule has 0 spiro atoms. The fourth-order valence-corrected chi connectivity index (χ4v) is 3.87. The standard InChI is InChI=1S/C22H27N5O3/c1-14-10-17(26(5)23-14)11-27(22(28)21-15(2)24-25(4)16(21)3)12-18-13-29-19-8-6-7-9-20(19)30-18/h6-10,18H,11-13H2,1-5H3/t18-/m0/s1. The molecule has 30 heavy (non-hydrogen) atoms. The summed E-state index contributed by atoms with van der Waals surface area (Å²) < 4.78 is 15.5. The Bertz CT molecular complexity index is 1080. The topological polar surface area (TPSA) is 74.4 Å². The summed E-state index contributed by atoms with van der Waals surface area (Å²) in [5.41, 5.74) is 4.07. The number of hydrogen-bond acceptors (Lipinski definition) is 5. The molecule has 3 aromatic rings. The highest BCUT2D eigenvalue weighted by atomic mass is 16.6. The van der Waals surface area contributed by atoms with Gasteiger partial charge in [-0.15, -0.1) is 0 Å². The van der Waals surface area contributed by atoms with Crippen LogP contribution in [0, 0.1) is 20.8 Å². The second kappa shape index (κ2) is 7.85. The van der Waals surface area contributed by atoms with E-state index in [1.165, 1.54) is 0 Å². The summed E-state index contributed by atoms with van der Waals surface area (Å²) in [6.07, 6.45) is -0.268. The van der Waals surface area contributed by atoms with E-state index < -0.39 is 0 Å². The molecule has 3 heterocycles. The van der Waals surface area contributed by atoms with Crippen LogP contribution in [0.25, 0.3) is 0 Å². The van der Waals surface area contributed by atoms with E-state index in [-0.39, 0.29) is 12.0 Å². The Morgan fingerprint density at radius 1 is 1.13 bits per heavy atom. The molecule has 0 radical (unpaired) electrons. The third-order valence-corrected chi connectivity index (χ3v) is 5.45. The van der Waals surface area contributed by atoms with E-state index in [1.807, 2.05) is 69.9 Å². The molecule has 0 bridgehead atoms. The summed E-state index contributed by atoms with van der Waals surface area (Å²) in [6.45, 7) is 6.92. The molecule has 1 atom stereocenters. The molecule has 8 heteroatoms. The van der Waals surface area contributed by atoms with Gasteiger partial charge in [0, 0.05) is 19.8 Å². The van der Waals surface area contributed by atoms with Gasteiger partial charge in [0.05, 0.1) is 35.7 Å². The van der Waals surface area contributed by atoms with E-state index >= 15 is 0 Å². The number of para-hydroxylation sites is 2. The van der Waals surface area contributed by atoms with E-state index in [4.69, 9.17) is 9.47 Å². The first-order valence-electron chi connectivity index (χ1n) is 10.0. The van der Waals surface area contributed by atoms with Crippen LogP contribution in [0.3, 0.4) is 0 Å². The average Bonchev–Trinajstić information content (AvgIpc) is 3.16. The van der Waals surface area contributed by atoms with Gasteiger partial charge in [0.25, 0.3) is 5.91 Å². The van der Waals surface area contributed by atoms with Gasteiger partial charge in [0.1, 0.15) is 6.61 Å². The van der Waals surface area contributed by atoms with E-state index in [9.17, 15) is 4.79 Å². The van der Waals surface area contributed by atoms with Gasteiger partial charge in [0.15, 0.2) is 17.6 Å². The molecule has 0 N–H and O–H groups in total. The van der Waals surface area contributed by atoms with Crippen molar-refractivity contribution in [1.82, 2.24) is 24.5 Å². The number of benzene rings is 1. The molecule has 1 aliphatic heterocycles. The zero-order chi connectivity index (χ0) is 21.4. The van der Waals surface area contributed by atoms with Gasteiger partial charge in [-0.3, -0.25) is 14.2 Å².